The van der Waals surface area contributed by atoms with Crippen LogP contribution in [0.4, 0.5) is 0 Å². The summed E-state index contributed by atoms with van der Waals surface area (Å²) in [5.74, 6) is 0.476. The van der Waals surface area contributed by atoms with Crippen LogP contribution in [0.3, 0.4) is 0 Å². The quantitative estimate of drug-likeness (QED) is 0.820. The fourth-order valence-electron chi connectivity index (χ4n) is 2.59. The number of rotatable bonds is 6. The summed E-state index contributed by atoms with van der Waals surface area (Å²) in [5, 5.41) is 0. The molecule has 17 heavy (non-hydrogen) atoms. The molecule has 0 aliphatic heterocycles. The molecule has 1 aromatic rings. The summed E-state index contributed by atoms with van der Waals surface area (Å²) < 4.78 is 0. The summed E-state index contributed by atoms with van der Waals surface area (Å²) in [4.78, 5) is 2.48. The van der Waals surface area contributed by atoms with Crippen LogP contribution in [0.5, 0.6) is 0 Å². The van der Waals surface area contributed by atoms with Crippen LogP contribution in [0.1, 0.15) is 39.2 Å². The van der Waals surface area contributed by atoms with Gasteiger partial charge in [-0.25, -0.2) is 0 Å². The van der Waals surface area contributed by atoms with Gasteiger partial charge in [-0.2, -0.15) is 0 Å². The number of hydrogen-bond acceptors (Lipinski definition) is 2. The van der Waals surface area contributed by atoms with Crippen LogP contribution >= 0.6 is 0 Å². The molecule has 0 aliphatic carbocycles. The Bertz CT molecular complexity index is 308. The highest BCUT2D eigenvalue weighted by atomic mass is 15.2. The van der Waals surface area contributed by atoms with Gasteiger partial charge in [0.05, 0.1) is 0 Å². The van der Waals surface area contributed by atoms with Gasteiger partial charge in [0.1, 0.15) is 0 Å². The summed E-state index contributed by atoms with van der Waals surface area (Å²) in [6.45, 7) is 10.7. The van der Waals surface area contributed by atoms with E-state index in [0.717, 1.165) is 6.54 Å². The van der Waals surface area contributed by atoms with Gasteiger partial charge in [0.25, 0.3) is 0 Å². The molecule has 0 aromatic heterocycles. The van der Waals surface area contributed by atoms with Gasteiger partial charge in [-0.05, 0) is 31.9 Å². The lowest BCUT2D eigenvalue weighted by molar-refractivity contribution is 0.147. The Hall–Kier alpha value is -0.860. The van der Waals surface area contributed by atoms with Crippen molar-refractivity contribution in [1.29, 1.82) is 0 Å². The lowest BCUT2D eigenvalue weighted by atomic mass is 9.91. The molecule has 2 unspecified atom stereocenters. The van der Waals surface area contributed by atoms with Gasteiger partial charge in [-0.3, -0.25) is 4.90 Å². The molecule has 0 spiro atoms. The van der Waals surface area contributed by atoms with E-state index >= 15 is 0 Å². The minimum atomic E-state index is 0.419. The molecule has 0 saturated heterocycles. The van der Waals surface area contributed by atoms with Gasteiger partial charge in [-0.15, -0.1) is 0 Å². The summed E-state index contributed by atoms with van der Waals surface area (Å²) >= 11 is 0. The second-order valence-corrected chi connectivity index (χ2v) is 4.93. The van der Waals surface area contributed by atoms with E-state index in [-0.39, 0.29) is 0 Å². The maximum atomic E-state index is 5.98. The van der Waals surface area contributed by atoms with E-state index < -0.39 is 0 Å². The van der Waals surface area contributed by atoms with Gasteiger partial charge in [0, 0.05) is 18.6 Å². The van der Waals surface area contributed by atoms with Crippen molar-refractivity contribution in [3.8, 4) is 0 Å². The van der Waals surface area contributed by atoms with E-state index in [1.54, 1.807) is 0 Å². The standard InChI is InChI=1S/C15H26N2/c1-5-17(12(2)3)15(11-16)13(4)14-9-7-6-8-10-14/h6-10,12-13,15H,5,11,16H2,1-4H3. The number of nitrogens with zero attached hydrogens (tertiary/aromatic N) is 1. The maximum Gasteiger partial charge on any atom is 0.0286 e. The largest absolute Gasteiger partial charge is 0.329 e. The molecule has 0 radical (unpaired) electrons. The Balaban J connectivity index is 2.86. The molecule has 2 nitrogen and oxygen atoms in total. The number of nitrogens with two attached hydrogens (primary N) is 1. The van der Waals surface area contributed by atoms with Crippen molar-refractivity contribution < 1.29 is 0 Å². The first kappa shape index (κ1) is 14.2. The topological polar surface area (TPSA) is 29.3 Å². The molecule has 0 fully saturated rings. The summed E-state index contributed by atoms with van der Waals surface area (Å²) in [5.41, 5.74) is 7.36. The molecule has 2 N–H and O–H groups in total. The minimum absolute atomic E-state index is 0.419. The SMILES string of the molecule is CCN(C(C)C)C(CN)C(C)c1ccccc1. The smallest absolute Gasteiger partial charge is 0.0286 e. The first-order valence-electron chi connectivity index (χ1n) is 6.62. The minimum Gasteiger partial charge on any atom is -0.329 e. The average Bonchev–Trinajstić information content (AvgIpc) is 2.35. The Morgan fingerprint density at radius 2 is 1.71 bits per heavy atom. The zero-order chi connectivity index (χ0) is 12.8. The van der Waals surface area contributed by atoms with Gasteiger partial charge < -0.3 is 5.73 Å². The van der Waals surface area contributed by atoms with E-state index in [2.05, 4.69) is 62.9 Å². The number of benzene rings is 1. The molecular formula is C15H26N2. The van der Waals surface area contributed by atoms with E-state index in [9.17, 15) is 0 Å². The van der Waals surface area contributed by atoms with Crippen LogP contribution in [0.2, 0.25) is 0 Å². The third-order valence-electron chi connectivity index (χ3n) is 3.60. The van der Waals surface area contributed by atoms with Gasteiger partial charge >= 0.3 is 0 Å². The van der Waals surface area contributed by atoms with Gasteiger partial charge in [-0.1, -0.05) is 44.2 Å². The summed E-state index contributed by atoms with van der Waals surface area (Å²) in [6.07, 6.45) is 0. The molecule has 0 saturated carbocycles. The van der Waals surface area contributed by atoms with Crippen molar-refractivity contribution in [3.63, 3.8) is 0 Å². The highest BCUT2D eigenvalue weighted by Gasteiger charge is 2.24. The molecule has 96 valence electrons. The van der Waals surface area contributed by atoms with Crippen LogP contribution in [0, 0.1) is 0 Å². The number of likely N-dealkylation sites (N-methyl/N-ethyl adjacent to an activating group) is 1. The molecular weight excluding hydrogens is 208 g/mol. The Morgan fingerprint density at radius 1 is 1.12 bits per heavy atom. The molecule has 0 amide bonds. The van der Waals surface area contributed by atoms with Gasteiger partial charge in [0.2, 0.25) is 0 Å². The first-order valence-corrected chi connectivity index (χ1v) is 6.62. The van der Waals surface area contributed by atoms with Crippen LogP contribution in [0.25, 0.3) is 0 Å². The second kappa shape index (κ2) is 6.77. The van der Waals surface area contributed by atoms with Crippen LogP contribution in [-0.4, -0.2) is 30.1 Å². The predicted molar refractivity (Wildman–Crippen MR) is 75.2 cm³/mol. The summed E-state index contributed by atoms with van der Waals surface area (Å²) in [6, 6.07) is 11.6. The molecule has 0 heterocycles. The Kier molecular flexibility index (Phi) is 5.66. The van der Waals surface area contributed by atoms with Crippen molar-refractivity contribution in [2.45, 2.75) is 45.7 Å². The third-order valence-corrected chi connectivity index (χ3v) is 3.60. The average molecular weight is 234 g/mol. The lowest BCUT2D eigenvalue weighted by Crippen LogP contribution is -2.47. The van der Waals surface area contributed by atoms with Crippen molar-refractivity contribution in [1.82, 2.24) is 4.90 Å². The van der Waals surface area contributed by atoms with Crippen LogP contribution in [-0.2, 0) is 0 Å². The third kappa shape index (κ3) is 3.55. The van der Waals surface area contributed by atoms with Crippen molar-refractivity contribution in [2.75, 3.05) is 13.1 Å². The first-order chi connectivity index (χ1) is 8.11. The molecule has 0 aliphatic rings. The van der Waals surface area contributed by atoms with Crippen molar-refractivity contribution >= 4 is 0 Å². The van der Waals surface area contributed by atoms with Crippen LogP contribution in [0.15, 0.2) is 30.3 Å². The lowest BCUT2D eigenvalue weighted by Gasteiger charge is -2.37. The molecule has 2 heteroatoms. The van der Waals surface area contributed by atoms with E-state index in [1.807, 2.05) is 0 Å². The maximum absolute atomic E-state index is 5.98. The molecule has 1 rings (SSSR count). The second-order valence-electron chi connectivity index (χ2n) is 4.93. The summed E-state index contributed by atoms with van der Waals surface area (Å²) in [7, 11) is 0. The van der Waals surface area contributed by atoms with E-state index in [4.69, 9.17) is 5.73 Å². The van der Waals surface area contributed by atoms with Crippen molar-refractivity contribution in [3.05, 3.63) is 35.9 Å². The number of hydrogen-bond donors (Lipinski definition) is 1. The highest BCUT2D eigenvalue weighted by Crippen LogP contribution is 2.23. The zero-order valence-electron chi connectivity index (χ0n) is 11.6. The highest BCUT2D eigenvalue weighted by molar-refractivity contribution is 5.20. The molecule has 2 atom stereocenters. The normalized spacial score (nSPS) is 15.2. The van der Waals surface area contributed by atoms with Crippen LogP contribution < -0.4 is 5.73 Å². The van der Waals surface area contributed by atoms with Gasteiger partial charge in [0.15, 0.2) is 0 Å². The zero-order valence-corrected chi connectivity index (χ0v) is 11.6. The fraction of sp³-hybridized carbons (Fsp3) is 0.600. The Morgan fingerprint density at radius 3 is 2.12 bits per heavy atom. The monoisotopic (exact) mass is 234 g/mol. The Labute approximate surface area is 106 Å². The fourth-order valence-corrected chi connectivity index (χ4v) is 2.59. The van der Waals surface area contributed by atoms with Crippen molar-refractivity contribution in [2.24, 2.45) is 5.73 Å². The van der Waals surface area contributed by atoms with E-state index in [1.165, 1.54) is 5.56 Å². The predicted octanol–water partition coefficient (Wildman–Crippen LogP) is 2.85. The molecule has 0 bridgehead atoms. The van der Waals surface area contributed by atoms with E-state index in [0.29, 0.717) is 24.5 Å². The molecule has 1 aromatic carbocycles.